The van der Waals surface area contributed by atoms with Gasteiger partial charge in [-0.2, -0.15) is 0 Å². The van der Waals surface area contributed by atoms with E-state index in [2.05, 4.69) is 20.7 Å². The fourth-order valence-electron chi connectivity index (χ4n) is 1.78. The Hall–Kier alpha value is -0.810. The van der Waals surface area contributed by atoms with Crippen molar-refractivity contribution < 1.29 is 14.3 Å². The summed E-state index contributed by atoms with van der Waals surface area (Å²) in [7, 11) is 1.38. The third kappa shape index (κ3) is 7.67. The molecule has 0 bridgehead atoms. The van der Waals surface area contributed by atoms with Crippen molar-refractivity contribution in [2.45, 2.75) is 37.0 Å². The second-order valence-corrected chi connectivity index (χ2v) is 6.58. The minimum atomic E-state index is -0.215. The van der Waals surface area contributed by atoms with Crippen molar-refractivity contribution in [3.8, 4) is 0 Å². The van der Waals surface area contributed by atoms with Crippen LogP contribution in [0.4, 0.5) is 0 Å². The first-order valence-electron chi connectivity index (χ1n) is 7.06. The van der Waals surface area contributed by atoms with E-state index in [1.165, 1.54) is 12.0 Å². The molecule has 0 fully saturated rings. The zero-order valence-corrected chi connectivity index (χ0v) is 14.7. The Morgan fingerprint density at radius 1 is 1.10 bits per heavy atom. The second-order valence-electron chi connectivity index (χ2n) is 4.62. The zero-order chi connectivity index (χ0) is 15.5. The molecule has 0 spiro atoms. The number of halogens is 1. The summed E-state index contributed by atoms with van der Waals surface area (Å²) in [5, 5.41) is 1.02. The van der Waals surface area contributed by atoms with Gasteiger partial charge in [0.05, 0.1) is 7.11 Å². The lowest BCUT2D eigenvalue weighted by molar-refractivity contribution is -0.140. The molecule has 3 nitrogen and oxygen atoms in total. The Bertz CT molecular complexity index is 445. The van der Waals surface area contributed by atoms with Crippen molar-refractivity contribution in [2.75, 3.05) is 18.2 Å². The maximum atomic E-state index is 12.0. The van der Waals surface area contributed by atoms with Crippen LogP contribution in [-0.4, -0.2) is 29.9 Å². The van der Waals surface area contributed by atoms with Crippen LogP contribution in [0.15, 0.2) is 29.2 Å². The molecule has 21 heavy (non-hydrogen) atoms. The molecule has 1 aromatic rings. The molecule has 0 heterocycles. The number of unbranched alkanes of at least 4 members (excludes halogenated alkanes) is 1. The van der Waals surface area contributed by atoms with E-state index >= 15 is 0 Å². The van der Waals surface area contributed by atoms with Crippen LogP contribution in [-0.2, 0) is 9.53 Å². The summed E-state index contributed by atoms with van der Waals surface area (Å²) in [6.45, 7) is 0. The molecule has 5 heteroatoms. The standard InChI is InChI=1S/C16H21BrO3S/c1-20-16(19)6-3-2-5-15(18)13-7-9-14(10-8-13)21-12-4-11-17/h7-10H,2-6,11-12H2,1H3. The highest BCUT2D eigenvalue weighted by atomic mass is 79.9. The molecule has 0 saturated heterocycles. The van der Waals surface area contributed by atoms with Gasteiger partial charge >= 0.3 is 5.97 Å². The van der Waals surface area contributed by atoms with Crippen molar-refractivity contribution in [2.24, 2.45) is 0 Å². The van der Waals surface area contributed by atoms with Gasteiger partial charge in [0.2, 0.25) is 0 Å². The number of benzene rings is 1. The Labute approximate surface area is 139 Å². The molecule has 116 valence electrons. The molecule has 0 radical (unpaired) electrons. The Balaban J connectivity index is 2.32. The number of ether oxygens (including phenoxy) is 1. The minimum Gasteiger partial charge on any atom is -0.469 e. The summed E-state index contributed by atoms with van der Waals surface area (Å²) in [5.41, 5.74) is 0.748. The van der Waals surface area contributed by atoms with Gasteiger partial charge in [-0.15, -0.1) is 11.8 Å². The SMILES string of the molecule is COC(=O)CCCCC(=O)c1ccc(SCCCBr)cc1. The average Bonchev–Trinajstić information content (AvgIpc) is 2.52. The normalized spacial score (nSPS) is 10.4. The van der Waals surface area contributed by atoms with E-state index in [4.69, 9.17) is 0 Å². The van der Waals surface area contributed by atoms with E-state index in [0.29, 0.717) is 19.3 Å². The number of hydrogen-bond donors (Lipinski definition) is 0. The van der Waals surface area contributed by atoms with E-state index in [9.17, 15) is 9.59 Å². The highest BCUT2D eigenvalue weighted by Crippen LogP contribution is 2.20. The number of Topliss-reactive ketones (excluding diaryl/α,β-unsaturated/α-hetero) is 1. The number of carbonyl (C=O) groups excluding carboxylic acids is 2. The van der Waals surface area contributed by atoms with Crippen molar-refractivity contribution >= 4 is 39.4 Å². The summed E-state index contributed by atoms with van der Waals surface area (Å²) in [5.74, 6) is 0.996. The van der Waals surface area contributed by atoms with Gasteiger partial charge in [-0.05, 0) is 37.1 Å². The lowest BCUT2D eigenvalue weighted by Crippen LogP contribution is -2.02. The first kappa shape index (κ1) is 18.2. The largest absolute Gasteiger partial charge is 0.469 e. The Kier molecular flexibility index (Phi) is 9.42. The Morgan fingerprint density at radius 2 is 1.76 bits per heavy atom. The quantitative estimate of drug-likeness (QED) is 0.199. The second kappa shape index (κ2) is 10.9. The molecular weight excluding hydrogens is 352 g/mol. The third-order valence-electron chi connectivity index (χ3n) is 2.99. The number of hydrogen-bond acceptors (Lipinski definition) is 4. The van der Waals surface area contributed by atoms with Gasteiger partial charge in [0, 0.05) is 28.6 Å². The molecule has 0 aromatic heterocycles. The lowest BCUT2D eigenvalue weighted by atomic mass is 10.0. The van der Waals surface area contributed by atoms with E-state index in [1.807, 2.05) is 24.3 Å². The summed E-state index contributed by atoms with van der Waals surface area (Å²) < 4.78 is 4.57. The monoisotopic (exact) mass is 372 g/mol. The fraction of sp³-hybridized carbons (Fsp3) is 0.500. The number of rotatable bonds is 10. The van der Waals surface area contributed by atoms with Crippen LogP contribution in [0.2, 0.25) is 0 Å². The van der Waals surface area contributed by atoms with Crippen molar-refractivity contribution in [1.29, 1.82) is 0 Å². The molecule has 0 atom stereocenters. The molecular formula is C16H21BrO3S. The Morgan fingerprint density at radius 3 is 2.38 bits per heavy atom. The van der Waals surface area contributed by atoms with Crippen LogP contribution in [0.3, 0.4) is 0 Å². The molecule has 0 N–H and O–H groups in total. The average molecular weight is 373 g/mol. The van der Waals surface area contributed by atoms with E-state index < -0.39 is 0 Å². The van der Waals surface area contributed by atoms with Crippen molar-refractivity contribution in [3.05, 3.63) is 29.8 Å². The molecule has 0 amide bonds. The van der Waals surface area contributed by atoms with Gasteiger partial charge in [0.1, 0.15) is 0 Å². The molecule has 0 aliphatic heterocycles. The van der Waals surface area contributed by atoms with Gasteiger partial charge < -0.3 is 4.74 Å². The van der Waals surface area contributed by atoms with Crippen LogP contribution in [0.1, 0.15) is 42.5 Å². The van der Waals surface area contributed by atoms with E-state index in [-0.39, 0.29) is 11.8 Å². The molecule has 1 aromatic carbocycles. The summed E-state index contributed by atoms with van der Waals surface area (Å²) in [6, 6.07) is 7.78. The number of methoxy groups -OCH3 is 1. The lowest BCUT2D eigenvalue weighted by Gasteiger charge is -2.04. The fourth-order valence-corrected chi connectivity index (χ4v) is 3.29. The topological polar surface area (TPSA) is 43.4 Å². The molecule has 1 rings (SSSR count). The number of thioether (sulfide) groups is 1. The molecule has 0 aliphatic rings. The molecule has 0 unspecified atom stereocenters. The predicted octanol–water partition coefficient (Wildman–Crippen LogP) is 4.48. The predicted molar refractivity (Wildman–Crippen MR) is 90.4 cm³/mol. The van der Waals surface area contributed by atoms with Gasteiger partial charge in [-0.3, -0.25) is 9.59 Å². The van der Waals surface area contributed by atoms with Crippen LogP contribution in [0.5, 0.6) is 0 Å². The van der Waals surface area contributed by atoms with E-state index in [1.54, 1.807) is 11.8 Å². The third-order valence-corrected chi connectivity index (χ3v) is 4.64. The van der Waals surface area contributed by atoms with Crippen LogP contribution in [0, 0.1) is 0 Å². The van der Waals surface area contributed by atoms with Crippen LogP contribution in [0.25, 0.3) is 0 Å². The summed E-state index contributed by atoms with van der Waals surface area (Å²) in [6.07, 6.45) is 3.40. The van der Waals surface area contributed by atoms with Gasteiger partial charge in [0.25, 0.3) is 0 Å². The first-order valence-corrected chi connectivity index (χ1v) is 9.17. The number of ketones is 1. The molecule has 0 saturated carbocycles. The van der Waals surface area contributed by atoms with E-state index in [0.717, 1.165) is 29.5 Å². The zero-order valence-electron chi connectivity index (χ0n) is 12.3. The smallest absolute Gasteiger partial charge is 0.305 e. The van der Waals surface area contributed by atoms with Crippen molar-refractivity contribution in [3.63, 3.8) is 0 Å². The number of alkyl halides is 1. The minimum absolute atomic E-state index is 0.136. The van der Waals surface area contributed by atoms with Gasteiger partial charge in [-0.1, -0.05) is 28.1 Å². The summed E-state index contributed by atoms with van der Waals surface area (Å²) >= 11 is 5.21. The number of esters is 1. The van der Waals surface area contributed by atoms with Crippen LogP contribution >= 0.6 is 27.7 Å². The highest BCUT2D eigenvalue weighted by molar-refractivity contribution is 9.09. The van der Waals surface area contributed by atoms with Crippen molar-refractivity contribution in [1.82, 2.24) is 0 Å². The van der Waals surface area contributed by atoms with Gasteiger partial charge in [-0.25, -0.2) is 0 Å². The van der Waals surface area contributed by atoms with Gasteiger partial charge in [0.15, 0.2) is 5.78 Å². The number of carbonyl (C=O) groups is 2. The summed E-state index contributed by atoms with van der Waals surface area (Å²) in [4.78, 5) is 24.2. The maximum absolute atomic E-state index is 12.0. The highest BCUT2D eigenvalue weighted by Gasteiger charge is 2.07. The van der Waals surface area contributed by atoms with Crippen LogP contribution < -0.4 is 0 Å². The maximum Gasteiger partial charge on any atom is 0.305 e. The molecule has 0 aliphatic carbocycles. The first-order chi connectivity index (χ1) is 10.2.